The Morgan fingerprint density at radius 2 is 1.90 bits per heavy atom. The molecule has 2 aromatic carbocycles. The van der Waals surface area contributed by atoms with Crippen molar-refractivity contribution >= 4 is 34.5 Å². The van der Waals surface area contributed by atoms with Crippen LogP contribution < -0.4 is 4.74 Å². The van der Waals surface area contributed by atoms with Crippen molar-refractivity contribution in [3.8, 4) is 5.75 Å². The lowest BCUT2D eigenvalue weighted by atomic mass is 10.1. The van der Waals surface area contributed by atoms with Gasteiger partial charge in [0.25, 0.3) is 5.91 Å². The van der Waals surface area contributed by atoms with Crippen LogP contribution in [0.4, 0.5) is 4.39 Å². The van der Waals surface area contributed by atoms with Gasteiger partial charge in [-0.1, -0.05) is 11.6 Å². The number of fused-ring (bicyclic) bond motifs is 1. The number of aromatic carboxylic acids is 1. The molecule has 0 bridgehead atoms. The van der Waals surface area contributed by atoms with Crippen LogP contribution in [0.1, 0.15) is 38.9 Å². The Labute approximate surface area is 239 Å². The standard InChI is InChI=1S/C29H28ClFN4O6/c30-19-2-5-25(22(31)14-19)40-17-21-3-6-26(41-21)28(36)34-10-8-33(9-11-34)16-27-32-23-4-1-18(29(37)38)13-24(23)35(27)15-20-7-12-39-20/h1-6,13-14,20H,7-12,15-17H2,(H,37,38). The number of benzene rings is 2. The number of rotatable bonds is 9. The predicted octanol–water partition coefficient (Wildman–Crippen LogP) is 4.45. The Morgan fingerprint density at radius 1 is 1.10 bits per heavy atom. The molecule has 0 radical (unpaired) electrons. The number of carboxylic acids is 1. The normalized spacial score (nSPS) is 17.5. The van der Waals surface area contributed by atoms with E-state index in [9.17, 15) is 19.1 Å². The fourth-order valence-electron chi connectivity index (χ4n) is 5.04. The molecule has 4 heterocycles. The molecule has 2 aliphatic rings. The molecule has 2 aromatic heterocycles. The maximum absolute atomic E-state index is 14.0. The van der Waals surface area contributed by atoms with Gasteiger partial charge >= 0.3 is 5.97 Å². The highest BCUT2D eigenvalue weighted by atomic mass is 35.5. The third-order valence-electron chi connectivity index (χ3n) is 7.41. The first-order chi connectivity index (χ1) is 19.8. The van der Waals surface area contributed by atoms with Gasteiger partial charge in [-0.05, 0) is 55.0 Å². The van der Waals surface area contributed by atoms with Crippen LogP contribution in [0.3, 0.4) is 0 Å². The molecular formula is C29H28ClFN4O6. The molecule has 1 amide bonds. The van der Waals surface area contributed by atoms with Gasteiger partial charge in [0.05, 0.1) is 35.8 Å². The van der Waals surface area contributed by atoms with Gasteiger partial charge in [0, 0.05) is 37.8 Å². The van der Waals surface area contributed by atoms with E-state index in [2.05, 4.69) is 9.47 Å². The minimum absolute atomic E-state index is 0.0273. The van der Waals surface area contributed by atoms with Gasteiger partial charge in [-0.2, -0.15) is 0 Å². The predicted molar refractivity (Wildman–Crippen MR) is 147 cm³/mol. The Balaban J connectivity index is 1.07. The molecule has 0 saturated carbocycles. The van der Waals surface area contributed by atoms with Crippen LogP contribution in [0.5, 0.6) is 5.75 Å². The Morgan fingerprint density at radius 3 is 2.61 bits per heavy atom. The summed E-state index contributed by atoms with van der Waals surface area (Å²) in [5.74, 6) is -0.281. The number of nitrogens with zero attached hydrogens (tertiary/aromatic N) is 4. The Kier molecular flexibility index (Phi) is 7.65. The van der Waals surface area contributed by atoms with Crippen molar-refractivity contribution in [1.82, 2.24) is 19.4 Å². The van der Waals surface area contributed by atoms with Gasteiger partial charge in [-0.15, -0.1) is 0 Å². The van der Waals surface area contributed by atoms with Crippen LogP contribution in [0, 0.1) is 5.82 Å². The van der Waals surface area contributed by atoms with Crippen molar-refractivity contribution in [2.24, 2.45) is 0 Å². The van der Waals surface area contributed by atoms with Crippen LogP contribution in [0.25, 0.3) is 11.0 Å². The summed E-state index contributed by atoms with van der Waals surface area (Å²) in [6.07, 6.45) is 1.04. The number of ether oxygens (including phenoxy) is 2. The number of aromatic nitrogens is 2. The molecule has 41 heavy (non-hydrogen) atoms. The second-order valence-electron chi connectivity index (χ2n) is 10.1. The first-order valence-electron chi connectivity index (χ1n) is 13.4. The summed E-state index contributed by atoms with van der Waals surface area (Å²) < 4.78 is 32.8. The van der Waals surface area contributed by atoms with Crippen LogP contribution in [0.15, 0.2) is 52.9 Å². The molecule has 2 fully saturated rings. The molecule has 1 atom stereocenters. The van der Waals surface area contributed by atoms with Gasteiger partial charge in [0.15, 0.2) is 17.3 Å². The van der Waals surface area contributed by atoms with Crippen molar-refractivity contribution in [1.29, 1.82) is 0 Å². The summed E-state index contributed by atoms with van der Waals surface area (Å²) in [6, 6.07) is 12.4. The highest BCUT2D eigenvalue weighted by Gasteiger charge is 2.27. The van der Waals surface area contributed by atoms with E-state index in [1.165, 1.54) is 18.2 Å². The molecule has 12 heteroatoms. The third-order valence-corrected chi connectivity index (χ3v) is 7.65. The lowest BCUT2D eigenvalue weighted by molar-refractivity contribution is -0.0592. The third kappa shape index (κ3) is 5.92. The summed E-state index contributed by atoms with van der Waals surface area (Å²) in [5.41, 5.74) is 1.74. The lowest BCUT2D eigenvalue weighted by Gasteiger charge is -2.34. The second-order valence-corrected chi connectivity index (χ2v) is 10.6. The molecule has 4 aromatic rings. The van der Waals surface area contributed by atoms with Crippen molar-refractivity contribution < 1.29 is 33.0 Å². The SMILES string of the molecule is O=C(O)c1ccc2nc(CN3CCN(C(=O)c4ccc(COc5ccc(Cl)cc5F)o4)CC3)n(CC3CCO3)c2c1. The molecule has 2 saturated heterocycles. The maximum atomic E-state index is 14.0. The maximum Gasteiger partial charge on any atom is 0.335 e. The van der Waals surface area contributed by atoms with Gasteiger partial charge < -0.3 is 28.5 Å². The fraction of sp³-hybridized carbons (Fsp3) is 0.345. The zero-order chi connectivity index (χ0) is 28.5. The minimum atomic E-state index is -0.978. The van der Waals surface area contributed by atoms with Gasteiger partial charge in [-0.25, -0.2) is 14.2 Å². The van der Waals surface area contributed by atoms with E-state index in [0.717, 1.165) is 29.9 Å². The zero-order valence-electron chi connectivity index (χ0n) is 22.1. The molecule has 0 spiro atoms. The van der Waals surface area contributed by atoms with Crippen molar-refractivity contribution in [3.63, 3.8) is 0 Å². The number of carboxylic acid groups (broad SMARTS) is 1. The summed E-state index contributed by atoms with van der Waals surface area (Å²) in [7, 11) is 0. The monoisotopic (exact) mass is 582 g/mol. The first-order valence-corrected chi connectivity index (χ1v) is 13.7. The highest BCUT2D eigenvalue weighted by molar-refractivity contribution is 6.30. The number of imidazole rings is 1. The molecule has 1 unspecified atom stereocenters. The number of carbonyl (C=O) groups is 2. The second kappa shape index (κ2) is 11.5. The van der Waals surface area contributed by atoms with E-state index < -0.39 is 11.8 Å². The molecule has 1 N–H and O–H groups in total. The lowest BCUT2D eigenvalue weighted by Crippen LogP contribution is -2.48. The average Bonchev–Trinajstić information content (AvgIpc) is 3.54. The summed E-state index contributed by atoms with van der Waals surface area (Å²) in [5, 5.41) is 9.74. The largest absolute Gasteiger partial charge is 0.483 e. The van der Waals surface area contributed by atoms with Crippen LogP contribution in [-0.4, -0.2) is 75.2 Å². The highest BCUT2D eigenvalue weighted by Crippen LogP contribution is 2.25. The number of furan rings is 1. The number of hydrogen-bond donors (Lipinski definition) is 1. The van der Waals surface area contributed by atoms with E-state index in [0.29, 0.717) is 45.0 Å². The molecule has 6 rings (SSSR count). The summed E-state index contributed by atoms with van der Waals surface area (Å²) >= 11 is 5.77. The number of hydrogen-bond acceptors (Lipinski definition) is 7. The Hall–Kier alpha value is -3.93. The topological polar surface area (TPSA) is 110 Å². The van der Waals surface area contributed by atoms with Crippen molar-refractivity contribution in [2.45, 2.75) is 32.2 Å². The zero-order valence-corrected chi connectivity index (χ0v) is 22.8. The number of carbonyl (C=O) groups excluding carboxylic acids is 1. The number of amides is 1. The van der Waals surface area contributed by atoms with Gasteiger partial charge in [0.1, 0.15) is 18.2 Å². The molecule has 2 aliphatic heterocycles. The van der Waals surface area contributed by atoms with E-state index in [1.807, 2.05) is 0 Å². The van der Waals surface area contributed by atoms with Gasteiger partial charge in [-0.3, -0.25) is 9.69 Å². The van der Waals surface area contributed by atoms with Gasteiger partial charge in [0.2, 0.25) is 0 Å². The van der Waals surface area contributed by atoms with Crippen molar-refractivity contribution in [3.05, 3.63) is 82.3 Å². The Bertz CT molecular complexity index is 1590. The van der Waals surface area contributed by atoms with Crippen LogP contribution in [0.2, 0.25) is 5.02 Å². The molecule has 214 valence electrons. The van der Waals surface area contributed by atoms with Crippen molar-refractivity contribution in [2.75, 3.05) is 32.8 Å². The van der Waals surface area contributed by atoms with Crippen LogP contribution >= 0.6 is 11.6 Å². The average molecular weight is 583 g/mol. The first kappa shape index (κ1) is 27.3. The smallest absolute Gasteiger partial charge is 0.335 e. The van der Waals surface area contributed by atoms with E-state index in [1.54, 1.807) is 35.2 Å². The fourth-order valence-corrected chi connectivity index (χ4v) is 5.20. The quantitative estimate of drug-likeness (QED) is 0.308. The minimum Gasteiger partial charge on any atom is -0.483 e. The summed E-state index contributed by atoms with van der Waals surface area (Å²) in [4.78, 5) is 33.4. The molecule has 10 nitrogen and oxygen atoms in total. The molecular weight excluding hydrogens is 555 g/mol. The number of halogens is 2. The van der Waals surface area contributed by atoms with Crippen LogP contribution in [-0.2, 0) is 24.4 Å². The van der Waals surface area contributed by atoms with E-state index in [-0.39, 0.29) is 40.7 Å². The molecule has 0 aliphatic carbocycles. The number of piperazine rings is 1. The van der Waals surface area contributed by atoms with E-state index in [4.69, 9.17) is 30.5 Å². The van der Waals surface area contributed by atoms with E-state index >= 15 is 0 Å². The summed E-state index contributed by atoms with van der Waals surface area (Å²) in [6.45, 7) is 4.18.